The van der Waals surface area contributed by atoms with Gasteiger partial charge in [-0.3, -0.25) is 9.69 Å². The Balaban J connectivity index is 1.74. The maximum absolute atomic E-state index is 11.8. The van der Waals surface area contributed by atoms with Crippen LogP contribution in [-0.4, -0.2) is 43.5 Å². The predicted molar refractivity (Wildman–Crippen MR) is 74.9 cm³/mol. The van der Waals surface area contributed by atoms with E-state index in [1.807, 2.05) is 0 Å². The molecule has 100 valence electrons. The van der Waals surface area contributed by atoms with Crippen molar-refractivity contribution in [1.29, 1.82) is 0 Å². The fourth-order valence-corrected chi connectivity index (χ4v) is 3.04. The van der Waals surface area contributed by atoms with E-state index in [0.29, 0.717) is 13.1 Å². The van der Waals surface area contributed by atoms with E-state index in [9.17, 15) is 4.79 Å². The van der Waals surface area contributed by atoms with E-state index in [1.165, 1.54) is 15.3 Å². The predicted octanol–water partition coefficient (Wildman–Crippen LogP) is 0.886. The van der Waals surface area contributed by atoms with Gasteiger partial charge in [0.15, 0.2) is 0 Å². The number of carbonyl (C=O) groups excluding carboxylic acids is 1. The third-order valence-corrected chi connectivity index (χ3v) is 4.41. The van der Waals surface area contributed by atoms with Crippen LogP contribution in [0.3, 0.4) is 0 Å². The van der Waals surface area contributed by atoms with Gasteiger partial charge in [0.1, 0.15) is 0 Å². The molecule has 1 fully saturated rings. The summed E-state index contributed by atoms with van der Waals surface area (Å²) < 4.78 is 0. The third kappa shape index (κ3) is 3.80. The summed E-state index contributed by atoms with van der Waals surface area (Å²) in [5.41, 5.74) is 1.31. The van der Waals surface area contributed by atoms with Gasteiger partial charge >= 0.3 is 0 Å². The molecule has 0 atom stereocenters. The van der Waals surface area contributed by atoms with E-state index in [1.54, 1.807) is 11.3 Å². The number of carbonyl (C=O) groups is 1. The molecule has 1 aliphatic heterocycles. The van der Waals surface area contributed by atoms with Crippen LogP contribution < -0.4 is 10.6 Å². The molecule has 0 aliphatic carbocycles. The number of rotatable bonds is 4. The SMILES string of the molecule is Cc1cc(CNC(=O)CN2CCNCC2)sc1C. The van der Waals surface area contributed by atoms with Crippen LogP contribution in [0.2, 0.25) is 0 Å². The Morgan fingerprint density at radius 1 is 1.44 bits per heavy atom. The summed E-state index contributed by atoms with van der Waals surface area (Å²) in [4.78, 5) is 16.6. The third-order valence-electron chi connectivity index (χ3n) is 3.25. The molecule has 1 aromatic heterocycles. The van der Waals surface area contributed by atoms with E-state index in [4.69, 9.17) is 0 Å². The molecular formula is C13H21N3OS. The zero-order chi connectivity index (χ0) is 13.0. The summed E-state index contributed by atoms with van der Waals surface area (Å²) >= 11 is 1.76. The molecule has 1 saturated heterocycles. The van der Waals surface area contributed by atoms with E-state index in [2.05, 4.69) is 35.4 Å². The van der Waals surface area contributed by atoms with Gasteiger partial charge in [0.25, 0.3) is 0 Å². The molecule has 4 nitrogen and oxygen atoms in total. The number of hydrogen-bond acceptors (Lipinski definition) is 4. The number of thiophene rings is 1. The monoisotopic (exact) mass is 267 g/mol. The van der Waals surface area contributed by atoms with Crippen LogP contribution in [0.5, 0.6) is 0 Å². The first-order valence-corrected chi connectivity index (χ1v) is 7.22. The largest absolute Gasteiger partial charge is 0.350 e. The van der Waals surface area contributed by atoms with Gasteiger partial charge in [0.05, 0.1) is 13.1 Å². The molecule has 1 aliphatic rings. The molecule has 0 saturated carbocycles. The number of amides is 1. The van der Waals surface area contributed by atoms with Crippen molar-refractivity contribution in [1.82, 2.24) is 15.5 Å². The zero-order valence-corrected chi connectivity index (χ0v) is 11.9. The Kier molecular flexibility index (Phi) is 4.74. The summed E-state index contributed by atoms with van der Waals surface area (Å²) in [6, 6.07) is 2.16. The minimum atomic E-state index is 0.126. The van der Waals surface area contributed by atoms with Crippen LogP contribution in [0.25, 0.3) is 0 Å². The van der Waals surface area contributed by atoms with Crippen LogP contribution in [-0.2, 0) is 11.3 Å². The fourth-order valence-electron chi connectivity index (χ4n) is 2.05. The van der Waals surface area contributed by atoms with E-state index in [-0.39, 0.29) is 5.91 Å². The number of nitrogens with one attached hydrogen (secondary N) is 2. The van der Waals surface area contributed by atoms with Crippen LogP contribution in [0, 0.1) is 13.8 Å². The molecule has 2 heterocycles. The molecule has 0 aromatic carbocycles. The fraction of sp³-hybridized carbons (Fsp3) is 0.615. The normalized spacial score (nSPS) is 16.8. The van der Waals surface area contributed by atoms with Gasteiger partial charge in [-0.1, -0.05) is 0 Å². The van der Waals surface area contributed by atoms with Gasteiger partial charge < -0.3 is 10.6 Å². The second-order valence-electron chi connectivity index (χ2n) is 4.75. The Labute approximate surface area is 112 Å². The minimum Gasteiger partial charge on any atom is -0.350 e. The summed E-state index contributed by atoms with van der Waals surface area (Å²) in [6.45, 7) is 9.29. The highest BCUT2D eigenvalue weighted by molar-refractivity contribution is 7.12. The van der Waals surface area contributed by atoms with Crippen molar-refractivity contribution in [2.45, 2.75) is 20.4 Å². The van der Waals surface area contributed by atoms with Gasteiger partial charge in [0, 0.05) is 35.9 Å². The highest BCUT2D eigenvalue weighted by atomic mass is 32.1. The second kappa shape index (κ2) is 6.31. The number of hydrogen-bond donors (Lipinski definition) is 2. The highest BCUT2D eigenvalue weighted by Gasteiger charge is 2.13. The van der Waals surface area contributed by atoms with Crippen molar-refractivity contribution >= 4 is 17.2 Å². The van der Waals surface area contributed by atoms with Crippen molar-refractivity contribution in [2.75, 3.05) is 32.7 Å². The molecule has 5 heteroatoms. The molecule has 0 radical (unpaired) electrons. The molecular weight excluding hydrogens is 246 g/mol. The lowest BCUT2D eigenvalue weighted by atomic mass is 10.3. The minimum absolute atomic E-state index is 0.126. The molecule has 0 spiro atoms. The lowest BCUT2D eigenvalue weighted by Crippen LogP contribution is -2.47. The average Bonchev–Trinajstić information content (AvgIpc) is 2.68. The first kappa shape index (κ1) is 13.5. The molecule has 1 amide bonds. The maximum Gasteiger partial charge on any atom is 0.234 e. The summed E-state index contributed by atoms with van der Waals surface area (Å²) in [5, 5.41) is 6.28. The molecule has 2 N–H and O–H groups in total. The molecule has 0 bridgehead atoms. The molecule has 18 heavy (non-hydrogen) atoms. The van der Waals surface area contributed by atoms with E-state index < -0.39 is 0 Å². The van der Waals surface area contributed by atoms with Crippen molar-refractivity contribution in [2.24, 2.45) is 0 Å². The van der Waals surface area contributed by atoms with Crippen molar-refractivity contribution in [3.8, 4) is 0 Å². The van der Waals surface area contributed by atoms with Crippen molar-refractivity contribution in [3.63, 3.8) is 0 Å². The van der Waals surface area contributed by atoms with Crippen LogP contribution >= 0.6 is 11.3 Å². The zero-order valence-electron chi connectivity index (χ0n) is 11.1. The first-order valence-electron chi connectivity index (χ1n) is 6.41. The summed E-state index contributed by atoms with van der Waals surface area (Å²) in [7, 11) is 0. The Hall–Kier alpha value is -0.910. The highest BCUT2D eigenvalue weighted by Crippen LogP contribution is 2.20. The van der Waals surface area contributed by atoms with E-state index >= 15 is 0 Å². The van der Waals surface area contributed by atoms with Gasteiger partial charge in [-0.2, -0.15) is 0 Å². The molecule has 2 rings (SSSR count). The smallest absolute Gasteiger partial charge is 0.234 e. The lowest BCUT2D eigenvalue weighted by Gasteiger charge is -2.26. The van der Waals surface area contributed by atoms with Crippen LogP contribution in [0.4, 0.5) is 0 Å². The quantitative estimate of drug-likeness (QED) is 0.851. The van der Waals surface area contributed by atoms with Crippen molar-refractivity contribution in [3.05, 3.63) is 21.4 Å². The maximum atomic E-state index is 11.8. The van der Waals surface area contributed by atoms with Gasteiger partial charge in [-0.15, -0.1) is 11.3 Å². The Morgan fingerprint density at radius 2 is 2.17 bits per heavy atom. The average molecular weight is 267 g/mol. The summed E-state index contributed by atoms with van der Waals surface area (Å²) in [5.74, 6) is 0.126. The molecule has 1 aromatic rings. The van der Waals surface area contributed by atoms with Crippen LogP contribution in [0.1, 0.15) is 15.3 Å². The number of nitrogens with zero attached hydrogens (tertiary/aromatic N) is 1. The second-order valence-corrected chi connectivity index (χ2v) is 6.10. The lowest BCUT2D eigenvalue weighted by molar-refractivity contribution is -0.122. The Bertz CT molecular complexity index is 391. The summed E-state index contributed by atoms with van der Waals surface area (Å²) in [6.07, 6.45) is 0. The van der Waals surface area contributed by atoms with Crippen LogP contribution in [0.15, 0.2) is 6.07 Å². The number of aryl methyl sites for hydroxylation is 2. The van der Waals surface area contributed by atoms with E-state index in [0.717, 1.165) is 26.2 Å². The Morgan fingerprint density at radius 3 is 2.78 bits per heavy atom. The number of piperazine rings is 1. The first-order chi connectivity index (χ1) is 8.65. The van der Waals surface area contributed by atoms with Gasteiger partial charge in [0.2, 0.25) is 5.91 Å². The van der Waals surface area contributed by atoms with Crippen molar-refractivity contribution < 1.29 is 4.79 Å². The molecule has 0 unspecified atom stereocenters. The van der Waals surface area contributed by atoms with Gasteiger partial charge in [-0.25, -0.2) is 0 Å². The topological polar surface area (TPSA) is 44.4 Å². The van der Waals surface area contributed by atoms with Gasteiger partial charge in [-0.05, 0) is 25.5 Å². The standard InChI is InChI=1S/C13H21N3OS/c1-10-7-12(18-11(10)2)8-15-13(17)9-16-5-3-14-4-6-16/h7,14H,3-6,8-9H2,1-2H3,(H,15,17).